The molecule has 6 heteroatoms. The summed E-state index contributed by atoms with van der Waals surface area (Å²) < 4.78 is 0. The molecule has 0 radical (unpaired) electrons. The van der Waals surface area contributed by atoms with Crippen molar-refractivity contribution >= 4 is 11.8 Å². The normalized spacial score (nSPS) is 19.9. The monoisotopic (exact) mass is 408 g/mol. The largest absolute Gasteiger partial charge is 0.353 e. The lowest BCUT2D eigenvalue weighted by Gasteiger charge is -2.41. The van der Waals surface area contributed by atoms with Gasteiger partial charge in [-0.25, -0.2) is 0 Å². The van der Waals surface area contributed by atoms with Gasteiger partial charge in [0.25, 0.3) is 0 Å². The summed E-state index contributed by atoms with van der Waals surface area (Å²) >= 11 is 0. The Morgan fingerprint density at radius 3 is 2.07 bits per heavy atom. The third-order valence-corrected chi connectivity index (χ3v) is 7.09. The van der Waals surface area contributed by atoms with Crippen molar-refractivity contribution in [3.63, 3.8) is 0 Å². The lowest BCUT2D eigenvalue weighted by molar-refractivity contribution is -0.139. The van der Waals surface area contributed by atoms with Gasteiger partial charge in [-0.3, -0.25) is 14.5 Å². The molecule has 0 unspecified atom stereocenters. The van der Waals surface area contributed by atoms with Gasteiger partial charge in [0, 0.05) is 45.2 Å². The van der Waals surface area contributed by atoms with Gasteiger partial charge in [0.05, 0.1) is 6.04 Å². The Bertz CT molecular complexity index is 491. The molecule has 0 bridgehead atoms. The summed E-state index contributed by atoms with van der Waals surface area (Å²) in [7, 11) is 0. The highest BCUT2D eigenvalue weighted by atomic mass is 16.2. The third-order valence-electron chi connectivity index (χ3n) is 7.09. The first-order valence-corrected chi connectivity index (χ1v) is 12.1. The zero-order valence-electron chi connectivity index (χ0n) is 19.3. The first kappa shape index (κ1) is 24.1. The number of carbonyl (C=O) groups is 2. The Labute approximate surface area is 178 Å². The van der Waals surface area contributed by atoms with E-state index in [2.05, 4.69) is 42.8 Å². The van der Waals surface area contributed by atoms with Crippen LogP contribution in [-0.4, -0.2) is 84.9 Å². The second-order valence-corrected chi connectivity index (χ2v) is 8.68. The van der Waals surface area contributed by atoms with Gasteiger partial charge < -0.3 is 15.1 Å². The van der Waals surface area contributed by atoms with Crippen molar-refractivity contribution in [2.24, 2.45) is 11.8 Å². The molecule has 6 nitrogen and oxygen atoms in total. The highest BCUT2D eigenvalue weighted by molar-refractivity contribution is 5.82. The Kier molecular flexibility index (Phi) is 10.4. The van der Waals surface area contributed by atoms with Gasteiger partial charge in [-0.2, -0.15) is 0 Å². The molecule has 0 aromatic rings. The van der Waals surface area contributed by atoms with E-state index in [9.17, 15) is 9.59 Å². The summed E-state index contributed by atoms with van der Waals surface area (Å²) in [5.41, 5.74) is 0. The van der Waals surface area contributed by atoms with Crippen molar-refractivity contribution in [1.29, 1.82) is 0 Å². The SMILES string of the molecule is CCC(CC)C(=O)N1CCN([C@@H](C(=O)NCCN(CC)CC)C2CCCC2)CC1. The molecule has 1 aliphatic heterocycles. The van der Waals surface area contributed by atoms with Crippen LogP contribution in [0.5, 0.6) is 0 Å². The highest BCUT2D eigenvalue weighted by Gasteiger charge is 2.37. The lowest BCUT2D eigenvalue weighted by Crippen LogP contribution is -2.58. The van der Waals surface area contributed by atoms with Crippen molar-refractivity contribution in [3.05, 3.63) is 0 Å². The minimum atomic E-state index is -0.0281. The van der Waals surface area contributed by atoms with E-state index in [0.717, 1.165) is 78.0 Å². The van der Waals surface area contributed by atoms with Gasteiger partial charge in [0.15, 0.2) is 0 Å². The molecular formula is C23H44N4O2. The quantitative estimate of drug-likeness (QED) is 0.571. The van der Waals surface area contributed by atoms with E-state index in [1.165, 1.54) is 12.8 Å². The van der Waals surface area contributed by atoms with E-state index >= 15 is 0 Å². The van der Waals surface area contributed by atoms with Crippen molar-refractivity contribution in [2.45, 2.75) is 72.3 Å². The van der Waals surface area contributed by atoms with Crippen LogP contribution in [0.4, 0.5) is 0 Å². The van der Waals surface area contributed by atoms with Gasteiger partial charge in [-0.15, -0.1) is 0 Å². The average molecular weight is 409 g/mol. The molecule has 2 fully saturated rings. The van der Waals surface area contributed by atoms with Crippen LogP contribution in [0.1, 0.15) is 66.2 Å². The summed E-state index contributed by atoms with van der Waals surface area (Å²) in [5.74, 6) is 1.11. The molecular weight excluding hydrogens is 364 g/mol. The van der Waals surface area contributed by atoms with Crippen LogP contribution >= 0.6 is 0 Å². The molecule has 1 saturated carbocycles. The maximum Gasteiger partial charge on any atom is 0.237 e. The second kappa shape index (κ2) is 12.5. The number of piperazine rings is 1. The Balaban J connectivity index is 1.93. The predicted molar refractivity (Wildman–Crippen MR) is 119 cm³/mol. The molecule has 1 saturated heterocycles. The molecule has 0 aromatic heterocycles. The van der Waals surface area contributed by atoms with Crippen molar-refractivity contribution in [3.8, 4) is 0 Å². The summed E-state index contributed by atoms with van der Waals surface area (Å²) in [5, 5.41) is 3.22. The van der Waals surface area contributed by atoms with Gasteiger partial charge in [-0.1, -0.05) is 40.5 Å². The average Bonchev–Trinajstić information content (AvgIpc) is 3.27. The molecule has 1 N–H and O–H groups in total. The van der Waals surface area contributed by atoms with Crippen LogP contribution in [0, 0.1) is 11.8 Å². The molecule has 1 aliphatic carbocycles. The zero-order valence-corrected chi connectivity index (χ0v) is 19.3. The number of hydrogen-bond donors (Lipinski definition) is 1. The number of carbonyl (C=O) groups excluding carboxylic acids is 2. The van der Waals surface area contributed by atoms with E-state index in [0.29, 0.717) is 11.8 Å². The fourth-order valence-electron chi connectivity index (χ4n) is 5.05. The standard InChI is InChI=1S/C23H44N4O2/c1-5-19(6-2)23(29)27-17-15-26(16-18-27)21(20-11-9-10-12-20)22(28)24-13-14-25(7-3)8-4/h19-21H,5-18H2,1-4H3,(H,24,28)/t21-/m1/s1. The number of amides is 2. The number of hydrogen-bond acceptors (Lipinski definition) is 4. The summed E-state index contributed by atoms with van der Waals surface area (Å²) in [6, 6.07) is -0.0281. The number of rotatable bonds is 11. The third kappa shape index (κ3) is 6.68. The van der Waals surface area contributed by atoms with Crippen molar-refractivity contribution in [2.75, 3.05) is 52.4 Å². The fourth-order valence-corrected chi connectivity index (χ4v) is 5.05. The van der Waals surface area contributed by atoms with Gasteiger partial charge in [-0.05, 0) is 44.7 Å². The van der Waals surface area contributed by atoms with E-state index in [1.54, 1.807) is 0 Å². The summed E-state index contributed by atoms with van der Waals surface area (Å²) in [6.45, 7) is 15.3. The van der Waals surface area contributed by atoms with Crippen LogP contribution in [0.15, 0.2) is 0 Å². The first-order valence-electron chi connectivity index (χ1n) is 12.1. The number of likely N-dealkylation sites (N-methyl/N-ethyl adjacent to an activating group) is 1. The molecule has 168 valence electrons. The Hall–Kier alpha value is -1.14. The number of nitrogens with zero attached hydrogens (tertiary/aromatic N) is 3. The van der Waals surface area contributed by atoms with Crippen LogP contribution in [0.25, 0.3) is 0 Å². The molecule has 2 amide bonds. The van der Waals surface area contributed by atoms with Gasteiger partial charge in [0.2, 0.25) is 11.8 Å². The van der Waals surface area contributed by atoms with E-state index in [4.69, 9.17) is 0 Å². The van der Waals surface area contributed by atoms with Crippen LogP contribution in [0.2, 0.25) is 0 Å². The lowest BCUT2D eigenvalue weighted by atomic mass is 9.94. The zero-order chi connectivity index (χ0) is 21.2. The fraction of sp³-hybridized carbons (Fsp3) is 0.913. The molecule has 1 atom stereocenters. The minimum absolute atomic E-state index is 0.0281. The smallest absolute Gasteiger partial charge is 0.237 e. The van der Waals surface area contributed by atoms with E-state index in [1.807, 2.05) is 4.90 Å². The van der Waals surface area contributed by atoms with Crippen molar-refractivity contribution < 1.29 is 9.59 Å². The van der Waals surface area contributed by atoms with Gasteiger partial charge in [0.1, 0.15) is 0 Å². The predicted octanol–water partition coefficient (Wildman–Crippen LogP) is 2.58. The molecule has 2 rings (SSSR count). The number of nitrogens with one attached hydrogen (secondary N) is 1. The topological polar surface area (TPSA) is 55.9 Å². The Morgan fingerprint density at radius 2 is 1.55 bits per heavy atom. The first-order chi connectivity index (χ1) is 14.0. The van der Waals surface area contributed by atoms with E-state index < -0.39 is 0 Å². The maximum atomic E-state index is 13.2. The molecule has 1 heterocycles. The second-order valence-electron chi connectivity index (χ2n) is 8.68. The Morgan fingerprint density at radius 1 is 0.966 bits per heavy atom. The van der Waals surface area contributed by atoms with Crippen LogP contribution < -0.4 is 5.32 Å². The van der Waals surface area contributed by atoms with E-state index in [-0.39, 0.29) is 17.9 Å². The molecule has 0 spiro atoms. The van der Waals surface area contributed by atoms with Crippen molar-refractivity contribution in [1.82, 2.24) is 20.0 Å². The summed E-state index contributed by atoms with van der Waals surface area (Å²) in [6.07, 6.45) is 6.61. The summed E-state index contributed by atoms with van der Waals surface area (Å²) in [4.78, 5) is 32.6. The van der Waals surface area contributed by atoms with Crippen LogP contribution in [-0.2, 0) is 9.59 Å². The molecule has 29 heavy (non-hydrogen) atoms. The maximum absolute atomic E-state index is 13.2. The van der Waals surface area contributed by atoms with Crippen LogP contribution in [0.3, 0.4) is 0 Å². The molecule has 2 aliphatic rings. The molecule has 0 aromatic carbocycles. The minimum Gasteiger partial charge on any atom is -0.353 e. The highest BCUT2D eigenvalue weighted by Crippen LogP contribution is 2.31. The van der Waals surface area contributed by atoms with Gasteiger partial charge >= 0.3 is 0 Å².